The fourth-order valence-electron chi connectivity index (χ4n) is 1.62. The molecule has 0 bridgehead atoms. The molecular formula is C13H15BrFN3. The number of nitrogens with two attached hydrogens (primary N) is 1. The lowest BCUT2D eigenvalue weighted by molar-refractivity contribution is 0.450. The number of benzene rings is 1. The van der Waals surface area contributed by atoms with Crippen molar-refractivity contribution in [3.8, 4) is 11.3 Å². The largest absolute Gasteiger partial charge is 0.340 e. The van der Waals surface area contributed by atoms with E-state index in [-0.39, 0.29) is 5.82 Å². The van der Waals surface area contributed by atoms with Gasteiger partial charge in [0, 0.05) is 10.0 Å². The number of rotatable bonds is 3. The zero-order chi connectivity index (χ0) is 13.3. The van der Waals surface area contributed by atoms with E-state index in [0.717, 1.165) is 23.5 Å². The van der Waals surface area contributed by atoms with Gasteiger partial charge >= 0.3 is 0 Å². The second-order valence-electron chi connectivity index (χ2n) is 4.54. The summed E-state index contributed by atoms with van der Waals surface area (Å²) in [5, 5.41) is 0. The maximum absolute atomic E-state index is 13.0. The lowest BCUT2D eigenvalue weighted by Gasteiger charge is -2.19. The molecule has 96 valence electrons. The topological polar surface area (TPSA) is 54.7 Å². The summed E-state index contributed by atoms with van der Waals surface area (Å²) >= 11 is 3.34. The number of aromatic nitrogens is 2. The molecule has 5 heteroatoms. The molecule has 0 aliphatic rings. The molecule has 0 aliphatic heterocycles. The zero-order valence-corrected chi connectivity index (χ0v) is 11.9. The van der Waals surface area contributed by atoms with Crippen LogP contribution < -0.4 is 5.73 Å². The molecule has 0 spiro atoms. The molecule has 2 aromatic rings. The SMILES string of the molecule is CCC(C)(N)c1ncc(-c2ccc(F)cc2Br)[nH]1. The molecule has 3 N–H and O–H groups in total. The molecule has 0 saturated carbocycles. The third kappa shape index (κ3) is 2.47. The minimum Gasteiger partial charge on any atom is -0.340 e. The van der Waals surface area contributed by atoms with Crippen LogP contribution in [0.3, 0.4) is 0 Å². The Morgan fingerprint density at radius 2 is 2.22 bits per heavy atom. The average Bonchev–Trinajstić information content (AvgIpc) is 2.79. The second kappa shape index (κ2) is 4.82. The molecule has 1 unspecified atom stereocenters. The minimum absolute atomic E-state index is 0.275. The van der Waals surface area contributed by atoms with Crippen molar-refractivity contribution >= 4 is 15.9 Å². The first-order chi connectivity index (χ1) is 8.44. The normalized spacial score (nSPS) is 14.5. The van der Waals surface area contributed by atoms with Crippen molar-refractivity contribution in [1.29, 1.82) is 0 Å². The van der Waals surface area contributed by atoms with Gasteiger partial charge in [-0.15, -0.1) is 0 Å². The first kappa shape index (κ1) is 13.2. The number of hydrogen-bond acceptors (Lipinski definition) is 2. The van der Waals surface area contributed by atoms with E-state index in [1.807, 2.05) is 13.8 Å². The van der Waals surface area contributed by atoms with E-state index >= 15 is 0 Å². The lowest BCUT2D eigenvalue weighted by atomic mass is 10.00. The van der Waals surface area contributed by atoms with Gasteiger partial charge in [-0.2, -0.15) is 0 Å². The molecule has 1 heterocycles. The Bertz CT molecular complexity index is 563. The van der Waals surface area contributed by atoms with E-state index in [2.05, 4.69) is 25.9 Å². The van der Waals surface area contributed by atoms with Gasteiger partial charge in [-0.25, -0.2) is 9.37 Å². The zero-order valence-electron chi connectivity index (χ0n) is 10.3. The summed E-state index contributed by atoms with van der Waals surface area (Å²) in [5.74, 6) is 0.457. The van der Waals surface area contributed by atoms with Gasteiger partial charge in [-0.1, -0.05) is 6.92 Å². The quantitative estimate of drug-likeness (QED) is 0.910. The van der Waals surface area contributed by atoms with Crippen LogP contribution in [0.15, 0.2) is 28.9 Å². The van der Waals surface area contributed by atoms with Gasteiger partial charge in [0.05, 0.1) is 17.4 Å². The highest BCUT2D eigenvalue weighted by Crippen LogP contribution is 2.29. The van der Waals surface area contributed by atoms with Gasteiger partial charge in [0.1, 0.15) is 11.6 Å². The fraction of sp³-hybridized carbons (Fsp3) is 0.308. The van der Waals surface area contributed by atoms with Gasteiger partial charge in [0.25, 0.3) is 0 Å². The molecule has 0 amide bonds. The van der Waals surface area contributed by atoms with Crippen LogP contribution in [-0.2, 0) is 5.54 Å². The maximum atomic E-state index is 13.0. The number of nitrogens with one attached hydrogen (secondary N) is 1. The van der Waals surface area contributed by atoms with Crippen LogP contribution in [-0.4, -0.2) is 9.97 Å². The van der Waals surface area contributed by atoms with E-state index in [1.165, 1.54) is 12.1 Å². The third-order valence-electron chi connectivity index (χ3n) is 3.07. The van der Waals surface area contributed by atoms with Crippen molar-refractivity contribution in [2.75, 3.05) is 0 Å². The average molecular weight is 312 g/mol. The predicted octanol–water partition coefficient (Wildman–Crippen LogP) is 3.56. The molecular weight excluding hydrogens is 297 g/mol. The van der Waals surface area contributed by atoms with Crippen LogP contribution in [0.1, 0.15) is 26.1 Å². The molecule has 18 heavy (non-hydrogen) atoms. The van der Waals surface area contributed by atoms with E-state index in [9.17, 15) is 4.39 Å². The summed E-state index contributed by atoms with van der Waals surface area (Å²) in [6.45, 7) is 3.94. The van der Waals surface area contributed by atoms with Gasteiger partial charge in [0.15, 0.2) is 0 Å². The highest BCUT2D eigenvalue weighted by molar-refractivity contribution is 9.10. The molecule has 0 fully saturated rings. The molecule has 1 aromatic carbocycles. The van der Waals surface area contributed by atoms with E-state index in [4.69, 9.17) is 5.73 Å². The van der Waals surface area contributed by atoms with Crippen LogP contribution in [0, 0.1) is 5.82 Å². The first-order valence-corrected chi connectivity index (χ1v) is 6.53. The molecule has 0 saturated heterocycles. The van der Waals surface area contributed by atoms with Crippen LogP contribution in [0.25, 0.3) is 11.3 Å². The van der Waals surface area contributed by atoms with E-state index in [1.54, 1.807) is 12.3 Å². The molecule has 1 aromatic heterocycles. The summed E-state index contributed by atoms with van der Waals surface area (Å²) in [6.07, 6.45) is 2.50. The monoisotopic (exact) mass is 311 g/mol. The van der Waals surface area contributed by atoms with Crippen molar-refractivity contribution in [2.45, 2.75) is 25.8 Å². The number of nitrogens with zero attached hydrogens (tertiary/aromatic N) is 1. The van der Waals surface area contributed by atoms with Crippen molar-refractivity contribution < 1.29 is 4.39 Å². The maximum Gasteiger partial charge on any atom is 0.126 e. The number of H-pyrrole nitrogens is 1. The summed E-state index contributed by atoms with van der Waals surface area (Å²) in [6, 6.07) is 4.55. The number of imidazole rings is 1. The molecule has 1 atom stereocenters. The molecule has 2 rings (SSSR count). The standard InChI is InChI=1S/C13H15BrFN3/c1-3-13(2,16)12-17-7-11(18-12)9-5-4-8(15)6-10(9)14/h4-7H,3,16H2,1-2H3,(H,17,18). The Hall–Kier alpha value is -1.20. The fourth-order valence-corrected chi connectivity index (χ4v) is 2.19. The molecule has 3 nitrogen and oxygen atoms in total. The smallest absolute Gasteiger partial charge is 0.126 e. The summed E-state index contributed by atoms with van der Waals surface area (Å²) in [4.78, 5) is 7.50. The van der Waals surface area contributed by atoms with Gasteiger partial charge in [-0.3, -0.25) is 0 Å². The van der Waals surface area contributed by atoms with Crippen LogP contribution in [0.5, 0.6) is 0 Å². The third-order valence-corrected chi connectivity index (χ3v) is 3.73. The van der Waals surface area contributed by atoms with Gasteiger partial charge in [-0.05, 0) is 47.5 Å². The number of hydrogen-bond donors (Lipinski definition) is 2. The predicted molar refractivity (Wildman–Crippen MR) is 73.5 cm³/mol. The second-order valence-corrected chi connectivity index (χ2v) is 5.40. The van der Waals surface area contributed by atoms with Crippen LogP contribution >= 0.6 is 15.9 Å². The van der Waals surface area contributed by atoms with Gasteiger partial charge < -0.3 is 10.7 Å². The molecule has 0 aliphatic carbocycles. The van der Waals surface area contributed by atoms with Crippen molar-refractivity contribution in [2.24, 2.45) is 5.73 Å². The van der Waals surface area contributed by atoms with Crippen LogP contribution in [0.4, 0.5) is 4.39 Å². The first-order valence-electron chi connectivity index (χ1n) is 5.74. The number of aromatic amines is 1. The summed E-state index contributed by atoms with van der Waals surface area (Å²) in [5.41, 5.74) is 7.33. The minimum atomic E-state index is -0.481. The summed E-state index contributed by atoms with van der Waals surface area (Å²) in [7, 11) is 0. The summed E-state index contributed by atoms with van der Waals surface area (Å²) < 4.78 is 13.7. The molecule has 0 radical (unpaired) electrons. The highest BCUT2D eigenvalue weighted by atomic mass is 79.9. The Labute approximate surface area is 114 Å². The van der Waals surface area contributed by atoms with Gasteiger partial charge in [0.2, 0.25) is 0 Å². The Balaban J connectivity index is 2.41. The Morgan fingerprint density at radius 3 is 2.83 bits per heavy atom. The van der Waals surface area contributed by atoms with E-state index in [0.29, 0.717) is 4.47 Å². The Morgan fingerprint density at radius 1 is 1.50 bits per heavy atom. The number of halogens is 2. The van der Waals surface area contributed by atoms with E-state index < -0.39 is 5.54 Å². The van der Waals surface area contributed by atoms with Crippen molar-refractivity contribution in [1.82, 2.24) is 9.97 Å². The lowest BCUT2D eigenvalue weighted by Crippen LogP contribution is -2.33. The van der Waals surface area contributed by atoms with Crippen LogP contribution in [0.2, 0.25) is 0 Å². The van der Waals surface area contributed by atoms with Crippen molar-refractivity contribution in [3.63, 3.8) is 0 Å². The Kier molecular flexibility index (Phi) is 3.54. The van der Waals surface area contributed by atoms with Crippen molar-refractivity contribution in [3.05, 3.63) is 40.5 Å². The highest BCUT2D eigenvalue weighted by Gasteiger charge is 2.22.